The fraction of sp³-hybridized carbons (Fsp3) is 0.578. The number of fused-ring (bicyclic) bond motifs is 2. The zero-order chi connectivity index (χ0) is 49.9. The molecule has 0 spiro atoms. The molecule has 0 radical (unpaired) electrons. The summed E-state index contributed by atoms with van der Waals surface area (Å²) in [5.41, 5.74) is 1.70. The molecule has 8 atom stereocenters. The van der Waals surface area contributed by atoms with Crippen molar-refractivity contribution in [3.05, 3.63) is 59.4 Å². The Balaban J connectivity index is 1.74. The maximum atomic E-state index is 14.3. The van der Waals surface area contributed by atoms with Crippen LogP contribution >= 0.6 is 23.5 Å². The van der Waals surface area contributed by atoms with Crippen LogP contribution in [0.5, 0.6) is 5.75 Å². The molecule has 7 amide bonds. The number of aliphatic carboxylic acids is 1. The first-order chi connectivity index (χ1) is 32.4. The highest BCUT2D eigenvalue weighted by atomic mass is 32.2. The molecule has 2 aliphatic rings. The van der Waals surface area contributed by atoms with Crippen LogP contribution in [0.15, 0.2) is 42.5 Å². The van der Waals surface area contributed by atoms with Crippen LogP contribution in [-0.4, -0.2) is 152 Å². The van der Waals surface area contributed by atoms with Crippen molar-refractivity contribution in [2.45, 2.75) is 120 Å². The van der Waals surface area contributed by atoms with Gasteiger partial charge in [0.05, 0.1) is 30.6 Å². The van der Waals surface area contributed by atoms with Crippen molar-refractivity contribution in [3.8, 4) is 5.75 Å². The average molecular weight is 988 g/mol. The maximum Gasteiger partial charge on any atom is 0.328 e. The monoisotopic (exact) mass is 987 g/mol. The summed E-state index contributed by atoms with van der Waals surface area (Å²) in [5, 5.41) is 60.7. The van der Waals surface area contributed by atoms with Crippen molar-refractivity contribution in [1.82, 2.24) is 47.5 Å². The number of hydrogen-bond donors (Lipinski definition) is 12. The van der Waals surface area contributed by atoms with E-state index >= 15 is 0 Å². The second-order valence-corrected chi connectivity index (χ2v) is 19.6. The maximum absolute atomic E-state index is 14.3. The number of rotatable bonds is 13. The molecule has 1 aromatic carbocycles. The van der Waals surface area contributed by atoms with E-state index in [1.54, 1.807) is 44.2 Å². The van der Waals surface area contributed by atoms with Gasteiger partial charge in [0.1, 0.15) is 48.0 Å². The molecule has 68 heavy (non-hydrogen) atoms. The Bertz CT molecular complexity index is 2060. The minimum atomic E-state index is -1.71. The lowest BCUT2D eigenvalue weighted by molar-refractivity contribution is -0.143. The molecule has 12 N–H and O–H groups in total. The molecule has 3 heterocycles. The summed E-state index contributed by atoms with van der Waals surface area (Å²) in [6, 6.07) is 0.881. The first-order valence-corrected chi connectivity index (χ1v) is 24.9. The van der Waals surface area contributed by atoms with Gasteiger partial charge in [0.2, 0.25) is 41.4 Å². The molecule has 2 aliphatic heterocycles. The number of nitrogens with zero attached hydrogens (tertiary/aromatic N) is 1. The van der Waals surface area contributed by atoms with Gasteiger partial charge in [-0.15, -0.1) is 0 Å². The summed E-state index contributed by atoms with van der Waals surface area (Å²) in [5.74, 6) is -6.89. The first-order valence-electron chi connectivity index (χ1n) is 22.6. The Hall–Kier alpha value is -5.49. The highest BCUT2D eigenvalue weighted by Gasteiger charge is 2.35. The van der Waals surface area contributed by atoms with Gasteiger partial charge >= 0.3 is 5.97 Å². The summed E-state index contributed by atoms with van der Waals surface area (Å²) in [4.78, 5) is 114. The van der Waals surface area contributed by atoms with Gasteiger partial charge in [0.15, 0.2) is 0 Å². The highest BCUT2D eigenvalue weighted by molar-refractivity contribution is 7.98. The normalized spacial score (nSPS) is 24.5. The molecule has 374 valence electrons. The van der Waals surface area contributed by atoms with Crippen LogP contribution in [0.3, 0.4) is 0 Å². The van der Waals surface area contributed by atoms with Crippen molar-refractivity contribution >= 4 is 70.8 Å². The largest absolute Gasteiger partial charge is 0.508 e. The van der Waals surface area contributed by atoms with Gasteiger partial charge in [0, 0.05) is 29.4 Å². The number of thioether (sulfide) groups is 2. The summed E-state index contributed by atoms with van der Waals surface area (Å²) >= 11 is 2.47. The second-order valence-electron chi connectivity index (χ2n) is 17.6. The van der Waals surface area contributed by atoms with Crippen molar-refractivity contribution in [2.75, 3.05) is 31.3 Å². The number of aliphatic hydroxyl groups is 2. The third kappa shape index (κ3) is 17.9. The molecule has 21 nitrogen and oxygen atoms in total. The zero-order valence-corrected chi connectivity index (χ0v) is 40.3. The second kappa shape index (κ2) is 27.5. The Kier molecular flexibility index (Phi) is 22.3. The van der Waals surface area contributed by atoms with E-state index in [-0.39, 0.29) is 60.0 Å². The lowest BCUT2D eigenvalue weighted by Gasteiger charge is -2.28. The van der Waals surface area contributed by atoms with Gasteiger partial charge in [-0.2, -0.15) is 23.5 Å². The molecule has 23 heteroatoms. The summed E-state index contributed by atoms with van der Waals surface area (Å²) in [6.45, 7) is 6.00. The zero-order valence-electron chi connectivity index (χ0n) is 38.6. The van der Waals surface area contributed by atoms with E-state index in [2.05, 4.69) is 42.5 Å². The number of benzene rings is 1. The van der Waals surface area contributed by atoms with Crippen molar-refractivity contribution < 1.29 is 58.8 Å². The number of carbonyl (C=O) groups excluding carboxylic acids is 7. The number of phenols is 1. The van der Waals surface area contributed by atoms with Crippen LogP contribution in [0.2, 0.25) is 0 Å². The van der Waals surface area contributed by atoms with Crippen LogP contribution in [-0.2, 0) is 56.3 Å². The van der Waals surface area contributed by atoms with Crippen LogP contribution < -0.4 is 42.5 Å². The van der Waals surface area contributed by atoms with Crippen LogP contribution in [0.4, 0.5) is 0 Å². The number of carboxylic acid groups (broad SMARTS) is 1. The number of aliphatic hydroxyl groups excluding tert-OH is 2. The van der Waals surface area contributed by atoms with Gasteiger partial charge in [0.25, 0.3) is 0 Å². The highest BCUT2D eigenvalue weighted by Crippen LogP contribution is 2.18. The number of nitrogens with one attached hydrogen (secondary N) is 8. The van der Waals surface area contributed by atoms with E-state index in [1.165, 1.54) is 23.9 Å². The standard InChI is InChI=1S/C45H65N9O12S2/c1-24(2)15-31-39(59)50-33(17-26-10-12-29(57)13-11-26)41(61)48-32(16-25(3)4)40(60)51-34(18-55)42(62)54-37(44(64)52-35(19-56)45(65)66)23-68-21-28-8-5-7-27(47-28)20-67-22-36(43(63)49-31)53-38(58)30-9-6-14-46-30/h5,7-8,10-13,24-25,30-37,46,55-57H,6,9,14-23H2,1-4H3,(H,48,61)(H,49,63)(H,50,59)(H,51,60)(H,52,64)(H,53,58)(H,54,62)(H,65,66)/t30-,31-,32-,33-,34-,35-,36-,37-/m0/s1. The van der Waals surface area contributed by atoms with Crippen molar-refractivity contribution in [1.29, 1.82) is 0 Å². The number of amides is 7. The fourth-order valence-corrected chi connectivity index (χ4v) is 9.21. The molecular weight excluding hydrogens is 923 g/mol. The van der Waals surface area contributed by atoms with E-state index < -0.39 is 103 Å². The summed E-state index contributed by atoms with van der Waals surface area (Å²) < 4.78 is 0. The van der Waals surface area contributed by atoms with E-state index in [0.29, 0.717) is 35.7 Å². The molecule has 0 saturated carbocycles. The van der Waals surface area contributed by atoms with Gasteiger partial charge < -0.3 is 63.0 Å². The van der Waals surface area contributed by atoms with E-state index in [4.69, 9.17) is 4.98 Å². The summed E-state index contributed by atoms with van der Waals surface area (Å²) in [6.07, 6.45) is 1.40. The third-order valence-electron chi connectivity index (χ3n) is 10.9. The number of phenolic OH excluding ortho intramolecular Hbond substituents is 1. The van der Waals surface area contributed by atoms with E-state index in [1.807, 2.05) is 13.8 Å². The predicted molar refractivity (Wildman–Crippen MR) is 254 cm³/mol. The van der Waals surface area contributed by atoms with Gasteiger partial charge in [-0.1, -0.05) is 45.9 Å². The van der Waals surface area contributed by atoms with Crippen LogP contribution in [0.25, 0.3) is 0 Å². The van der Waals surface area contributed by atoms with Gasteiger partial charge in [-0.05, 0) is 73.9 Å². The number of carboxylic acids is 1. The van der Waals surface area contributed by atoms with Gasteiger partial charge in [-0.3, -0.25) is 38.5 Å². The topological polar surface area (TPSA) is 327 Å². The molecule has 1 fully saturated rings. The van der Waals surface area contributed by atoms with E-state index in [0.717, 1.165) is 18.2 Å². The van der Waals surface area contributed by atoms with Crippen LogP contribution in [0.1, 0.15) is 70.3 Å². The number of hydrogen-bond acceptors (Lipinski definition) is 15. The third-order valence-corrected chi connectivity index (χ3v) is 13.0. The minimum absolute atomic E-state index is 0.0272. The molecule has 1 aromatic heterocycles. The fourth-order valence-electron chi connectivity index (χ4n) is 7.30. The molecule has 2 aromatic rings. The molecule has 0 unspecified atom stereocenters. The smallest absolute Gasteiger partial charge is 0.328 e. The molecule has 2 bridgehead atoms. The quantitative estimate of drug-likeness (QED) is 0.112. The van der Waals surface area contributed by atoms with Crippen LogP contribution in [0, 0.1) is 11.8 Å². The number of carbonyl (C=O) groups is 8. The van der Waals surface area contributed by atoms with E-state index in [9.17, 15) is 58.8 Å². The Morgan fingerprint density at radius 3 is 1.79 bits per heavy atom. The molecule has 1 saturated heterocycles. The first kappa shape index (κ1) is 55.1. The molecule has 4 rings (SSSR count). The average Bonchev–Trinajstić information content (AvgIpc) is 3.84. The van der Waals surface area contributed by atoms with Crippen molar-refractivity contribution in [3.63, 3.8) is 0 Å². The number of aromatic nitrogens is 1. The SMILES string of the molecule is CC(C)C[C@@H]1NC(=O)[C@@H](NC(=O)[C@@H]2CCCN2)CSCc2cccc(n2)CSC[C@@H](C(=O)N[C@@H](CO)C(=O)O)NC(=O)[C@H](CO)NC(=O)[C@H](CC(C)C)NC(=O)[C@H](Cc2ccc(O)cc2)NC1=O. The lowest BCUT2D eigenvalue weighted by atomic mass is 9.99. The van der Waals surface area contributed by atoms with Gasteiger partial charge in [-0.25, -0.2) is 4.79 Å². The van der Waals surface area contributed by atoms with Crippen molar-refractivity contribution in [2.24, 2.45) is 11.8 Å². The Labute approximate surface area is 403 Å². The number of pyridine rings is 1. The minimum Gasteiger partial charge on any atom is -0.508 e. The molecule has 0 aliphatic carbocycles. The lowest BCUT2D eigenvalue weighted by Crippen LogP contribution is -2.61. The Morgan fingerprint density at radius 1 is 0.706 bits per heavy atom. The molecular formula is C45H65N9O12S2. The predicted octanol–water partition coefficient (Wildman–Crippen LogP) is -1.18. The Morgan fingerprint density at radius 2 is 1.25 bits per heavy atom. The summed E-state index contributed by atoms with van der Waals surface area (Å²) in [7, 11) is 0. The number of aromatic hydroxyl groups is 1.